The van der Waals surface area contributed by atoms with Crippen molar-refractivity contribution in [3.63, 3.8) is 0 Å². The first kappa shape index (κ1) is 18.2. The largest absolute Gasteiger partial charge is 0.383 e. The van der Waals surface area contributed by atoms with Crippen molar-refractivity contribution in [3.05, 3.63) is 18.3 Å². The van der Waals surface area contributed by atoms with Crippen LogP contribution < -0.4 is 4.90 Å². The Morgan fingerprint density at radius 1 is 1.17 bits per heavy atom. The van der Waals surface area contributed by atoms with E-state index in [0.717, 1.165) is 45.0 Å². The second kappa shape index (κ2) is 7.15. The van der Waals surface area contributed by atoms with Gasteiger partial charge in [-0.25, -0.2) is 13.4 Å². The maximum absolute atomic E-state index is 12.4. The van der Waals surface area contributed by atoms with E-state index < -0.39 is 14.6 Å². The number of hydrogen-bond donors (Lipinski definition) is 0. The minimum atomic E-state index is -3.39. The minimum absolute atomic E-state index is 0.146. The van der Waals surface area contributed by atoms with E-state index in [9.17, 15) is 8.42 Å². The first-order valence-corrected chi connectivity index (χ1v) is 9.41. The van der Waals surface area contributed by atoms with E-state index in [1.165, 1.54) is 0 Å². The van der Waals surface area contributed by atoms with Crippen LogP contribution in [0.15, 0.2) is 23.4 Å². The Balaban J connectivity index is 2.02. The Morgan fingerprint density at radius 3 is 2.30 bits per heavy atom. The standard InChI is InChI=1S/C16H27N3O3S/c1-16(2,3)23(20,21)15-6-5-14(13-17-15)19-9-7-18(8-10-19)11-12-22-4/h5-6,13H,7-12H2,1-4H3. The van der Waals surface area contributed by atoms with Crippen molar-refractivity contribution in [2.24, 2.45) is 0 Å². The highest BCUT2D eigenvalue weighted by molar-refractivity contribution is 7.92. The molecule has 0 saturated carbocycles. The molecule has 1 fully saturated rings. The van der Waals surface area contributed by atoms with Gasteiger partial charge >= 0.3 is 0 Å². The van der Waals surface area contributed by atoms with Gasteiger partial charge in [0.05, 0.1) is 23.2 Å². The fraction of sp³-hybridized carbons (Fsp3) is 0.688. The summed E-state index contributed by atoms with van der Waals surface area (Å²) >= 11 is 0. The predicted molar refractivity (Wildman–Crippen MR) is 91.7 cm³/mol. The van der Waals surface area contributed by atoms with Crippen LogP contribution in [0.2, 0.25) is 0 Å². The van der Waals surface area contributed by atoms with Gasteiger partial charge in [-0.15, -0.1) is 0 Å². The maximum Gasteiger partial charge on any atom is 0.200 e. The molecule has 0 atom stereocenters. The summed E-state index contributed by atoms with van der Waals surface area (Å²) in [6.07, 6.45) is 1.67. The molecule has 1 saturated heterocycles. The molecule has 0 radical (unpaired) electrons. The lowest BCUT2D eigenvalue weighted by Gasteiger charge is -2.35. The van der Waals surface area contributed by atoms with E-state index in [-0.39, 0.29) is 5.03 Å². The van der Waals surface area contributed by atoms with Gasteiger partial charge in [0.1, 0.15) is 0 Å². The molecule has 0 aromatic carbocycles. The molecule has 0 bridgehead atoms. The van der Waals surface area contributed by atoms with Gasteiger partial charge < -0.3 is 9.64 Å². The van der Waals surface area contributed by atoms with Gasteiger partial charge in [0.25, 0.3) is 0 Å². The van der Waals surface area contributed by atoms with Crippen LogP contribution in [0, 0.1) is 0 Å². The molecule has 2 heterocycles. The Kier molecular flexibility index (Phi) is 5.65. The molecule has 6 nitrogen and oxygen atoms in total. The Hall–Kier alpha value is -1.18. The number of ether oxygens (including phenoxy) is 1. The molecule has 1 aliphatic rings. The van der Waals surface area contributed by atoms with Crippen LogP contribution in [0.4, 0.5) is 5.69 Å². The topological polar surface area (TPSA) is 62.7 Å². The second-order valence-corrected chi connectivity index (χ2v) is 9.44. The van der Waals surface area contributed by atoms with Crippen molar-refractivity contribution in [1.82, 2.24) is 9.88 Å². The van der Waals surface area contributed by atoms with Crippen LogP contribution in [0.25, 0.3) is 0 Å². The Bertz CT molecular complexity index is 600. The maximum atomic E-state index is 12.4. The SMILES string of the molecule is COCCN1CCN(c2ccc(S(=O)(=O)C(C)(C)C)nc2)CC1. The number of anilines is 1. The first-order chi connectivity index (χ1) is 10.8. The molecule has 23 heavy (non-hydrogen) atoms. The molecule has 1 aromatic heterocycles. The summed E-state index contributed by atoms with van der Waals surface area (Å²) in [6.45, 7) is 10.6. The van der Waals surface area contributed by atoms with E-state index in [2.05, 4.69) is 14.8 Å². The van der Waals surface area contributed by atoms with Crippen LogP contribution in [0.5, 0.6) is 0 Å². The predicted octanol–water partition coefficient (Wildman–Crippen LogP) is 1.42. The normalized spacial score (nSPS) is 17.5. The smallest absolute Gasteiger partial charge is 0.200 e. The van der Waals surface area contributed by atoms with Gasteiger partial charge in [-0.3, -0.25) is 4.90 Å². The molecular weight excluding hydrogens is 314 g/mol. The highest BCUT2D eigenvalue weighted by Crippen LogP contribution is 2.25. The summed E-state index contributed by atoms with van der Waals surface area (Å²) in [7, 11) is -1.68. The summed E-state index contributed by atoms with van der Waals surface area (Å²) in [5, 5.41) is 0.146. The van der Waals surface area contributed by atoms with Gasteiger partial charge in [-0.1, -0.05) is 0 Å². The zero-order valence-corrected chi connectivity index (χ0v) is 15.3. The van der Waals surface area contributed by atoms with Crippen LogP contribution in [0.3, 0.4) is 0 Å². The van der Waals surface area contributed by atoms with Crippen LogP contribution in [0.1, 0.15) is 20.8 Å². The van der Waals surface area contributed by atoms with Crippen molar-refractivity contribution in [2.45, 2.75) is 30.5 Å². The zero-order valence-electron chi connectivity index (χ0n) is 14.4. The van der Waals surface area contributed by atoms with E-state index in [1.54, 1.807) is 40.1 Å². The van der Waals surface area contributed by atoms with Crippen LogP contribution in [-0.2, 0) is 14.6 Å². The van der Waals surface area contributed by atoms with E-state index in [0.29, 0.717) is 0 Å². The molecule has 7 heteroatoms. The van der Waals surface area contributed by atoms with E-state index in [4.69, 9.17) is 4.74 Å². The van der Waals surface area contributed by atoms with Gasteiger partial charge in [0.15, 0.2) is 14.9 Å². The van der Waals surface area contributed by atoms with E-state index >= 15 is 0 Å². The average molecular weight is 341 g/mol. The summed E-state index contributed by atoms with van der Waals surface area (Å²) < 4.78 is 29.0. The average Bonchev–Trinajstić information content (AvgIpc) is 2.52. The lowest BCUT2D eigenvalue weighted by Crippen LogP contribution is -2.47. The molecule has 0 spiro atoms. The third-order valence-electron chi connectivity index (χ3n) is 4.15. The molecule has 0 aliphatic carbocycles. The molecule has 1 aromatic rings. The van der Waals surface area contributed by atoms with Crippen molar-refractivity contribution < 1.29 is 13.2 Å². The van der Waals surface area contributed by atoms with Crippen molar-refractivity contribution in [3.8, 4) is 0 Å². The quantitative estimate of drug-likeness (QED) is 0.807. The number of nitrogens with zero attached hydrogens (tertiary/aromatic N) is 3. The monoisotopic (exact) mass is 341 g/mol. The Morgan fingerprint density at radius 2 is 1.83 bits per heavy atom. The lowest BCUT2D eigenvalue weighted by molar-refractivity contribution is 0.144. The number of hydrogen-bond acceptors (Lipinski definition) is 6. The molecule has 130 valence electrons. The molecule has 1 aliphatic heterocycles. The Labute approximate surface area is 139 Å². The summed E-state index contributed by atoms with van der Waals surface area (Å²) in [5.41, 5.74) is 0.976. The fourth-order valence-corrected chi connectivity index (χ4v) is 3.55. The van der Waals surface area contributed by atoms with Crippen LogP contribution in [-0.4, -0.2) is 69.5 Å². The highest BCUT2D eigenvalue weighted by Gasteiger charge is 2.32. The first-order valence-electron chi connectivity index (χ1n) is 7.92. The molecule has 0 amide bonds. The molecule has 0 N–H and O–H groups in total. The van der Waals surface area contributed by atoms with Crippen molar-refractivity contribution >= 4 is 15.5 Å². The molecule has 2 rings (SSSR count). The summed E-state index contributed by atoms with van der Waals surface area (Å²) in [5.74, 6) is 0. The zero-order chi connectivity index (χ0) is 17.1. The summed E-state index contributed by atoms with van der Waals surface area (Å²) in [4.78, 5) is 8.80. The van der Waals surface area contributed by atoms with Gasteiger partial charge in [0.2, 0.25) is 0 Å². The van der Waals surface area contributed by atoms with Gasteiger partial charge in [-0.2, -0.15) is 0 Å². The van der Waals surface area contributed by atoms with Gasteiger partial charge in [-0.05, 0) is 32.9 Å². The number of sulfone groups is 1. The second-order valence-electron chi connectivity index (χ2n) is 6.79. The number of piperazine rings is 1. The van der Waals surface area contributed by atoms with Crippen molar-refractivity contribution in [1.29, 1.82) is 0 Å². The third kappa shape index (κ3) is 4.22. The number of aromatic nitrogens is 1. The summed E-state index contributed by atoms with van der Waals surface area (Å²) in [6, 6.07) is 3.48. The van der Waals surface area contributed by atoms with Gasteiger partial charge in [0, 0.05) is 39.8 Å². The third-order valence-corrected chi connectivity index (χ3v) is 6.56. The molecule has 0 unspecified atom stereocenters. The van der Waals surface area contributed by atoms with Crippen molar-refractivity contribution in [2.75, 3.05) is 51.3 Å². The van der Waals surface area contributed by atoms with Crippen LogP contribution >= 0.6 is 0 Å². The lowest BCUT2D eigenvalue weighted by atomic mass is 10.2. The number of rotatable bonds is 5. The number of pyridine rings is 1. The fourth-order valence-electron chi connectivity index (χ4n) is 2.48. The molecular formula is C16H27N3O3S. The van der Waals surface area contributed by atoms with E-state index in [1.807, 2.05) is 6.07 Å². The number of methoxy groups -OCH3 is 1. The minimum Gasteiger partial charge on any atom is -0.383 e. The highest BCUT2D eigenvalue weighted by atomic mass is 32.2.